The highest BCUT2D eigenvalue weighted by atomic mass is 15.1. The van der Waals surface area contributed by atoms with Crippen molar-refractivity contribution in [3.63, 3.8) is 0 Å². The van der Waals surface area contributed by atoms with Crippen molar-refractivity contribution in [1.29, 1.82) is 0 Å². The highest BCUT2D eigenvalue weighted by Crippen LogP contribution is 2.43. The lowest BCUT2D eigenvalue weighted by Crippen LogP contribution is -2.10. The van der Waals surface area contributed by atoms with Crippen LogP contribution in [-0.4, -0.2) is 4.40 Å². The molecule has 0 saturated heterocycles. The number of anilines is 3. The lowest BCUT2D eigenvalue weighted by atomic mass is 9.99. The number of fused-ring (bicyclic) bond motifs is 6. The Labute approximate surface area is 221 Å². The van der Waals surface area contributed by atoms with E-state index < -0.39 is 0 Å². The average Bonchev–Trinajstić information content (AvgIpc) is 3.51. The largest absolute Gasteiger partial charge is 0.310 e. The molecule has 0 aliphatic rings. The van der Waals surface area contributed by atoms with Gasteiger partial charge in [0.25, 0.3) is 0 Å². The van der Waals surface area contributed by atoms with Gasteiger partial charge in [-0.1, -0.05) is 103 Å². The first-order valence-corrected chi connectivity index (χ1v) is 13.0. The summed E-state index contributed by atoms with van der Waals surface area (Å²) in [7, 11) is 0. The van der Waals surface area contributed by atoms with E-state index >= 15 is 0 Å². The number of aromatic nitrogens is 1. The Bertz CT molecular complexity index is 2030. The van der Waals surface area contributed by atoms with Crippen LogP contribution in [0.5, 0.6) is 0 Å². The van der Waals surface area contributed by atoms with Crippen LogP contribution in [0.2, 0.25) is 0 Å². The Morgan fingerprint density at radius 3 is 1.74 bits per heavy atom. The minimum Gasteiger partial charge on any atom is -0.310 e. The normalized spacial score (nSPS) is 11.7. The zero-order valence-electron chi connectivity index (χ0n) is 20.8. The maximum Gasteiger partial charge on any atom is 0.0620 e. The first-order chi connectivity index (χ1) is 18.9. The molecule has 0 spiro atoms. The molecule has 2 heterocycles. The van der Waals surface area contributed by atoms with E-state index in [4.69, 9.17) is 0 Å². The number of para-hydroxylation sites is 5. The van der Waals surface area contributed by atoms with Gasteiger partial charge in [-0.15, -0.1) is 0 Å². The molecule has 0 fully saturated rings. The van der Waals surface area contributed by atoms with Gasteiger partial charge < -0.3 is 9.30 Å². The van der Waals surface area contributed by atoms with E-state index in [9.17, 15) is 0 Å². The molecule has 38 heavy (non-hydrogen) atoms. The van der Waals surface area contributed by atoms with Gasteiger partial charge in [-0.3, -0.25) is 0 Å². The molecule has 2 aromatic heterocycles. The third-order valence-electron chi connectivity index (χ3n) is 7.71. The molecule has 2 nitrogen and oxygen atoms in total. The highest BCUT2D eigenvalue weighted by Gasteiger charge is 2.20. The van der Waals surface area contributed by atoms with E-state index in [1.165, 1.54) is 49.2 Å². The highest BCUT2D eigenvalue weighted by molar-refractivity contribution is 6.23. The molecule has 8 rings (SSSR count). The standard InChI is InChI=1S/C36H24N2/c1-3-12-26(13-4-1)37(27-14-5-2-6-15-27)33-20-9-7-16-28(33)25-22-23-30-32-19-11-18-31-29-17-8-10-21-34(29)38(36(31)32)35(30)24-25/h1-24H. The lowest BCUT2D eigenvalue weighted by molar-refractivity contribution is 1.28. The Morgan fingerprint density at radius 2 is 1.00 bits per heavy atom. The Kier molecular flexibility index (Phi) is 4.55. The maximum atomic E-state index is 2.45. The van der Waals surface area contributed by atoms with E-state index in [1.54, 1.807) is 0 Å². The van der Waals surface area contributed by atoms with Crippen molar-refractivity contribution in [2.45, 2.75) is 0 Å². The van der Waals surface area contributed by atoms with Gasteiger partial charge in [0.15, 0.2) is 0 Å². The summed E-state index contributed by atoms with van der Waals surface area (Å²) in [5.74, 6) is 0. The Hall–Kier alpha value is -5.08. The predicted molar refractivity (Wildman–Crippen MR) is 161 cm³/mol. The average molecular weight is 485 g/mol. The van der Waals surface area contributed by atoms with Gasteiger partial charge in [-0.25, -0.2) is 0 Å². The van der Waals surface area contributed by atoms with E-state index in [-0.39, 0.29) is 0 Å². The first kappa shape index (κ1) is 21.0. The van der Waals surface area contributed by atoms with Crippen LogP contribution in [0, 0.1) is 0 Å². The molecule has 0 radical (unpaired) electrons. The van der Waals surface area contributed by atoms with Crippen molar-refractivity contribution in [2.75, 3.05) is 4.90 Å². The second kappa shape index (κ2) is 8.22. The summed E-state index contributed by atoms with van der Waals surface area (Å²) in [6.07, 6.45) is 0. The van der Waals surface area contributed by atoms with Crippen LogP contribution < -0.4 is 4.90 Å². The molecule has 0 aliphatic carbocycles. The van der Waals surface area contributed by atoms with Crippen molar-refractivity contribution in [3.8, 4) is 11.1 Å². The van der Waals surface area contributed by atoms with Crippen molar-refractivity contribution < 1.29 is 0 Å². The summed E-state index contributed by atoms with van der Waals surface area (Å²) in [6, 6.07) is 52.3. The lowest BCUT2D eigenvalue weighted by Gasteiger charge is -2.27. The molecule has 0 N–H and O–H groups in total. The predicted octanol–water partition coefficient (Wildman–Crippen LogP) is 9.97. The number of rotatable bonds is 4. The van der Waals surface area contributed by atoms with Gasteiger partial charge in [0, 0.05) is 38.5 Å². The molecule has 0 atom stereocenters. The van der Waals surface area contributed by atoms with Crippen LogP contribution >= 0.6 is 0 Å². The molecule has 0 unspecified atom stereocenters. The molecule has 178 valence electrons. The summed E-state index contributed by atoms with van der Waals surface area (Å²) >= 11 is 0. The molecule has 6 aromatic carbocycles. The van der Waals surface area contributed by atoms with Gasteiger partial charge in [0.1, 0.15) is 0 Å². The van der Waals surface area contributed by atoms with Crippen LogP contribution in [0.25, 0.3) is 49.2 Å². The van der Waals surface area contributed by atoms with Gasteiger partial charge >= 0.3 is 0 Å². The summed E-state index contributed by atoms with van der Waals surface area (Å²) in [4.78, 5) is 2.35. The first-order valence-electron chi connectivity index (χ1n) is 13.0. The minimum absolute atomic E-state index is 1.14. The van der Waals surface area contributed by atoms with E-state index in [1.807, 2.05) is 0 Å². The molecular formula is C36H24N2. The third kappa shape index (κ3) is 3.01. The summed E-state index contributed by atoms with van der Waals surface area (Å²) in [6.45, 7) is 0. The number of nitrogens with zero attached hydrogens (tertiary/aromatic N) is 2. The molecule has 0 amide bonds. The Balaban J connectivity index is 1.41. The van der Waals surface area contributed by atoms with Gasteiger partial charge in [0.05, 0.1) is 22.2 Å². The molecule has 0 aliphatic heterocycles. The van der Waals surface area contributed by atoms with Crippen molar-refractivity contribution >= 4 is 55.2 Å². The monoisotopic (exact) mass is 484 g/mol. The quantitative estimate of drug-likeness (QED) is 0.241. The van der Waals surface area contributed by atoms with Crippen molar-refractivity contribution in [1.82, 2.24) is 4.40 Å². The molecule has 0 saturated carbocycles. The SMILES string of the molecule is c1ccc(N(c2ccccc2)c2ccccc2-c2ccc3c4cccc5c6ccccc6n(c3c2)c54)cc1. The van der Waals surface area contributed by atoms with Crippen molar-refractivity contribution in [3.05, 3.63) is 146 Å². The number of benzene rings is 6. The van der Waals surface area contributed by atoms with E-state index in [0.717, 1.165) is 17.1 Å². The van der Waals surface area contributed by atoms with Gasteiger partial charge in [-0.05, 0) is 48.0 Å². The van der Waals surface area contributed by atoms with Gasteiger partial charge in [0.2, 0.25) is 0 Å². The minimum atomic E-state index is 1.14. The zero-order chi connectivity index (χ0) is 25.1. The summed E-state index contributed by atoms with van der Waals surface area (Å²) in [5.41, 5.74) is 9.65. The van der Waals surface area contributed by atoms with Crippen LogP contribution in [0.1, 0.15) is 0 Å². The third-order valence-corrected chi connectivity index (χ3v) is 7.71. The fraction of sp³-hybridized carbons (Fsp3) is 0. The van der Waals surface area contributed by atoms with Crippen LogP contribution in [-0.2, 0) is 0 Å². The maximum absolute atomic E-state index is 2.45. The second-order valence-electron chi connectivity index (χ2n) is 9.81. The summed E-state index contributed by atoms with van der Waals surface area (Å²) in [5, 5.41) is 5.22. The summed E-state index contributed by atoms with van der Waals surface area (Å²) < 4.78 is 2.45. The van der Waals surface area contributed by atoms with Crippen LogP contribution in [0.4, 0.5) is 17.1 Å². The molecule has 0 bridgehead atoms. The molecule has 8 aromatic rings. The zero-order valence-corrected chi connectivity index (χ0v) is 20.8. The number of hydrogen-bond donors (Lipinski definition) is 0. The van der Waals surface area contributed by atoms with Crippen LogP contribution in [0.3, 0.4) is 0 Å². The fourth-order valence-electron chi connectivity index (χ4n) is 6.09. The number of hydrogen-bond acceptors (Lipinski definition) is 1. The van der Waals surface area contributed by atoms with E-state index in [0.29, 0.717) is 0 Å². The fourth-order valence-corrected chi connectivity index (χ4v) is 6.09. The second-order valence-corrected chi connectivity index (χ2v) is 9.81. The topological polar surface area (TPSA) is 7.65 Å². The van der Waals surface area contributed by atoms with E-state index in [2.05, 4.69) is 155 Å². The van der Waals surface area contributed by atoms with Crippen LogP contribution in [0.15, 0.2) is 146 Å². The molecular weight excluding hydrogens is 460 g/mol. The molecule has 2 heteroatoms. The van der Waals surface area contributed by atoms with Crippen molar-refractivity contribution in [2.24, 2.45) is 0 Å². The smallest absolute Gasteiger partial charge is 0.0620 e. The Morgan fingerprint density at radius 1 is 0.421 bits per heavy atom. The van der Waals surface area contributed by atoms with Gasteiger partial charge in [-0.2, -0.15) is 0 Å².